The molecular formula is C17H23NO3. The Morgan fingerprint density at radius 2 is 1.95 bits per heavy atom. The Kier molecular flexibility index (Phi) is 4.66. The van der Waals surface area contributed by atoms with Gasteiger partial charge in [0, 0.05) is 12.5 Å². The van der Waals surface area contributed by atoms with Gasteiger partial charge in [-0.25, -0.2) is 0 Å². The van der Waals surface area contributed by atoms with Crippen LogP contribution in [0.15, 0.2) is 30.3 Å². The van der Waals surface area contributed by atoms with Gasteiger partial charge < -0.3 is 10.4 Å². The number of amides is 1. The van der Waals surface area contributed by atoms with Crippen molar-refractivity contribution in [2.24, 2.45) is 5.92 Å². The maximum absolute atomic E-state index is 12.2. The second-order valence-corrected chi connectivity index (χ2v) is 6.23. The summed E-state index contributed by atoms with van der Waals surface area (Å²) in [5.41, 5.74) is -0.533. The molecule has 0 saturated heterocycles. The van der Waals surface area contributed by atoms with Crippen LogP contribution in [0.1, 0.15) is 45.1 Å². The topological polar surface area (TPSA) is 66.4 Å². The van der Waals surface area contributed by atoms with Crippen LogP contribution in [-0.4, -0.2) is 23.0 Å². The highest BCUT2D eigenvalue weighted by Crippen LogP contribution is 2.31. The molecule has 1 aliphatic carbocycles. The molecule has 0 aromatic heterocycles. The fourth-order valence-corrected chi connectivity index (χ4v) is 2.79. The number of nitrogens with one attached hydrogen (secondary N) is 1. The van der Waals surface area contributed by atoms with E-state index in [0.29, 0.717) is 11.5 Å². The molecule has 2 N–H and O–H groups in total. The lowest BCUT2D eigenvalue weighted by Gasteiger charge is -2.33. The molecule has 1 fully saturated rings. The predicted molar refractivity (Wildman–Crippen MR) is 81.0 cm³/mol. The smallest absolute Gasteiger partial charge is 0.314 e. The minimum atomic E-state index is -1.19. The van der Waals surface area contributed by atoms with Crippen molar-refractivity contribution in [2.75, 3.05) is 0 Å². The zero-order valence-corrected chi connectivity index (χ0v) is 12.6. The largest absolute Gasteiger partial charge is 0.481 e. The van der Waals surface area contributed by atoms with Gasteiger partial charge in [-0.05, 0) is 38.2 Å². The van der Waals surface area contributed by atoms with Crippen LogP contribution in [0.5, 0.6) is 0 Å². The van der Waals surface area contributed by atoms with Gasteiger partial charge in [-0.3, -0.25) is 9.59 Å². The number of carbonyl (C=O) groups excluding carboxylic acids is 1. The van der Waals surface area contributed by atoms with E-state index in [9.17, 15) is 14.7 Å². The molecule has 1 amide bonds. The van der Waals surface area contributed by atoms with Crippen molar-refractivity contribution >= 4 is 11.9 Å². The van der Waals surface area contributed by atoms with E-state index in [1.54, 1.807) is 31.2 Å². The SMILES string of the molecule is CC(NC(=O)CC(C)(C(=O)O)c1ccccc1)C1CCC1. The molecule has 0 bridgehead atoms. The normalized spacial score (nSPS) is 19.1. The molecule has 1 aromatic rings. The molecule has 0 radical (unpaired) electrons. The zero-order chi connectivity index (χ0) is 15.5. The average Bonchev–Trinajstić information content (AvgIpc) is 2.36. The van der Waals surface area contributed by atoms with Crippen molar-refractivity contribution in [1.82, 2.24) is 5.32 Å². The Morgan fingerprint density at radius 3 is 2.43 bits per heavy atom. The van der Waals surface area contributed by atoms with Crippen LogP contribution in [0.4, 0.5) is 0 Å². The number of carboxylic acids is 1. The quantitative estimate of drug-likeness (QED) is 0.846. The van der Waals surface area contributed by atoms with Gasteiger partial charge in [0.05, 0.1) is 5.41 Å². The molecule has 4 heteroatoms. The molecule has 2 atom stereocenters. The van der Waals surface area contributed by atoms with E-state index >= 15 is 0 Å². The summed E-state index contributed by atoms with van der Waals surface area (Å²) in [5, 5.41) is 12.5. The molecule has 2 rings (SSSR count). The molecule has 114 valence electrons. The Labute approximate surface area is 125 Å². The van der Waals surface area contributed by atoms with E-state index < -0.39 is 11.4 Å². The second kappa shape index (κ2) is 6.29. The number of carboxylic acid groups (broad SMARTS) is 1. The third-order valence-electron chi connectivity index (χ3n) is 4.64. The Balaban J connectivity index is 2.05. The highest BCUT2D eigenvalue weighted by molar-refractivity contribution is 5.89. The first-order valence-electron chi connectivity index (χ1n) is 7.52. The van der Waals surface area contributed by atoms with Crippen molar-refractivity contribution in [3.8, 4) is 0 Å². The van der Waals surface area contributed by atoms with Gasteiger partial charge in [0.25, 0.3) is 0 Å². The predicted octanol–water partition coefficient (Wildman–Crippen LogP) is 2.72. The summed E-state index contributed by atoms with van der Waals surface area (Å²) < 4.78 is 0. The maximum atomic E-state index is 12.2. The van der Waals surface area contributed by atoms with Crippen LogP contribution < -0.4 is 5.32 Å². The maximum Gasteiger partial charge on any atom is 0.314 e. The zero-order valence-electron chi connectivity index (χ0n) is 12.6. The van der Waals surface area contributed by atoms with Crippen LogP contribution in [0.25, 0.3) is 0 Å². The summed E-state index contributed by atoms with van der Waals surface area (Å²) in [6, 6.07) is 9.08. The van der Waals surface area contributed by atoms with E-state index in [4.69, 9.17) is 0 Å². The summed E-state index contributed by atoms with van der Waals surface area (Å²) in [5.74, 6) is -0.620. The summed E-state index contributed by atoms with van der Waals surface area (Å²) in [6.07, 6.45) is 3.48. The molecule has 0 spiro atoms. The molecule has 0 aliphatic heterocycles. The van der Waals surface area contributed by atoms with Crippen molar-refractivity contribution in [2.45, 2.75) is 51.0 Å². The molecule has 0 heterocycles. The van der Waals surface area contributed by atoms with Gasteiger partial charge in [-0.2, -0.15) is 0 Å². The Hall–Kier alpha value is -1.84. The molecule has 2 unspecified atom stereocenters. The summed E-state index contributed by atoms with van der Waals surface area (Å²) in [6.45, 7) is 3.61. The third-order valence-corrected chi connectivity index (χ3v) is 4.64. The van der Waals surface area contributed by atoms with E-state index in [-0.39, 0.29) is 18.4 Å². The van der Waals surface area contributed by atoms with Crippen molar-refractivity contribution in [3.63, 3.8) is 0 Å². The van der Waals surface area contributed by atoms with Crippen molar-refractivity contribution in [1.29, 1.82) is 0 Å². The Bertz CT molecular complexity index is 510. The monoisotopic (exact) mass is 289 g/mol. The highest BCUT2D eigenvalue weighted by Gasteiger charge is 2.38. The number of aliphatic carboxylic acids is 1. The summed E-state index contributed by atoms with van der Waals surface area (Å²) >= 11 is 0. The van der Waals surface area contributed by atoms with Crippen molar-refractivity contribution < 1.29 is 14.7 Å². The first-order chi connectivity index (χ1) is 9.93. The van der Waals surface area contributed by atoms with Gasteiger partial charge in [0.15, 0.2) is 0 Å². The van der Waals surface area contributed by atoms with Gasteiger partial charge in [0.2, 0.25) is 5.91 Å². The van der Waals surface area contributed by atoms with E-state index in [1.165, 1.54) is 6.42 Å². The standard InChI is InChI=1S/C17H23NO3/c1-12(13-7-6-8-13)18-15(19)11-17(2,16(20)21)14-9-4-3-5-10-14/h3-5,9-10,12-13H,6-8,11H2,1-2H3,(H,18,19)(H,20,21). The summed E-state index contributed by atoms with van der Waals surface area (Å²) in [4.78, 5) is 23.9. The van der Waals surface area contributed by atoms with Crippen molar-refractivity contribution in [3.05, 3.63) is 35.9 Å². The van der Waals surface area contributed by atoms with Crippen LogP contribution in [0, 0.1) is 5.92 Å². The average molecular weight is 289 g/mol. The lowest BCUT2D eigenvalue weighted by Crippen LogP contribution is -2.44. The molecule has 1 aliphatic rings. The number of hydrogen-bond donors (Lipinski definition) is 2. The molecule has 1 saturated carbocycles. The number of benzene rings is 1. The van der Waals surface area contributed by atoms with E-state index in [0.717, 1.165) is 12.8 Å². The van der Waals surface area contributed by atoms with E-state index in [1.807, 2.05) is 13.0 Å². The molecule has 1 aromatic carbocycles. The van der Waals surface area contributed by atoms with Crippen LogP contribution in [0.3, 0.4) is 0 Å². The second-order valence-electron chi connectivity index (χ2n) is 6.23. The van der Waals surface area contributed by atoms with E-state index in [2.05, 4.69) is 5.32 Å². The van der Waals surface area contributed by atoms with Gasteiger partial charge in [0.1, 0.15) is 0 Å². The number of carbonyl (C=O) groups is 2. The highest BCUT2D eigenvalue weighted by atomic mass is 16.4. The van der Waals surface area contributed by atoms with Crippen LogP contribution in [0.2, 0.25) is 0 Å². The third kappa shape index (κ3) is 3.43. The van der Waals surface area contributed by atoms with Gasteiger partial charge in [-0.1, -0.05) is 36.8 Å². The fourth-order valence-electron chi connectivity index (χ4n) is 2.79. The van der Waals surface area contributed by atoms with Gasteiger partial charge in [-0.15, -0.1) is 0 Å². The summed E-state index contributed by atoms with van der Waals surface area (Å²) in [7, 11) is 0. The minimum absolute atomic E-state index is 0.0383. The lowest BCUT2D eigenvalue weighted by atomic mass is 9.78. The molecule has 21 heavy (non-hydrogen) atoms. The molecular weight excluding hydrogens is 266 g/mol. The number of rotatable bonds is 6. The lowest BCUT2D eigenvalue weighted by molar-refractivity contribution is -0.145. The fraction of sp³-hybridized carbons (Fsp3) is 0.529. The first-order valence-corrected chi connectivity index (χ1v) is 7.52. The van der Waals surface area contributed by atoms with Gasteiger partial charge >= 0.3 is 5.97 Å². The Morgan fingerprint density at radius 1 is 1.33 bits per heavy atom. The molecule has 4 nitrogen and oxygen atoms in total. The van der Waals surface area contributed by atoms with Crippen LogP contribution in [-0.2, 0) is 15.0 Å². The van der Waals surface area contributed by atoms with Crippen LogP contribution >= 0.6 is 0 Å². The minimum Gasteiger partial charge on any atom is -0.481 e. The first kappa shape index (κ1) is 15.5. The number of hydrogen-bond acceptors (Lipinski definition) is 2.